The molecular formula is C17H25NO2. The molecule has 1 fully saturated rings. The van der Waals surface area contributed by atoms with Crippen LogP contribution in [0, 0.1) is 5.92 Å². The second-order valence-corrected chi connectivity index (χ2v) is 6.27. The third kappa shape index (κ3) is 3.40. The Labute approximate surface area is 121 Å². The Bertz CT molecular complexity index is 453. The van der Waals surface area contributed by atoms with Crippen LogP contribution in [0.1, 0.15) is 50.7 Å². The number of benzene rings is 1. The first kappa shape index (κ1) is 15.0. The monoisotopic (exact) mass is 275 g/mol. The van der Waals surface area contributed by atoms with Crippen molar-refractivity contribution in [2.24, 2.45) is 5.92 Å². The molecule has 2 atom stereocenters. The molecule has 0 radical (unpaired) electrons. The third-order valence-electron chi connectivity index (χ3n) is 4.32. The Morgan fingerprint density at radius 1 is 1.35 bits per heavy atom. The number of carboxylic acid groups (broad SMARTS) is 1. The van der Waals surface area contributed by atoms with E-state index in [1.165, 1.54) is 11.1 Å². The van der Waals surface area contributed by atoms with Crippen molar-refractivity contribution in [3.63, 3.8) is 0 Å². The summed E-state index contributed by atoms with van der Waals surface area (Å²) in [5.41, 5.74) is 2.53. The summed E-state index contributed by atoms with van der Waals surface area (Å²) in [6.45, 7) is 8.03. The Kier molecular flexibility index (Phi) is 4.81. The lowest BCUT2D eigenvalue weighted by atomic mass is 9.90. The van der Waals surface area contributed by atoms with Crippen LogP contribution in [0.2, 0.25) is 0 Å². The third-order valence-corrected chi connectivity index (χ3v) is 4.32. The number of hydrogen-bond acceptors (Lipinski definition) is 2. The second kappa shape index (κ2) is 6.40. The van der Waals surface area contributed by atoms with Crippen molar-refractivity contribution in [2.75, 3.05) is 6.54 Å². The van der Waals surface area contributed by atoms with E-state index in [9.17, 15) is 9.90 Å². The van der Waals surface area contributed by atoms with Gasteiger partial charge in [0, 0.05) is 6.54 Å². The zero-order valence-electron chi connectivity index (χ0n) is 12.7. The van der Waals surface area contributed by atoms with E-state index in [0.29, 0.717) is 5.92 Å². The fourth-order valence-corrected chi connectivity index (χ4v) is 3.09. The first-order valence-electron chi connectivity index (χ1n) is 7.54. The van der Waals surface area contributed by atoms with Gasteiger partial charge in [-0.05, 0) is 42.3 Å². The van der Waals surface area contributed by atoms with Gasteiger partial charge in [0.2, 0.25) is 0 Å². The van der Waals surface area contributed by atoms with E-state index in [2.05, 4.69) is 43.0 Å². The lowest BCUT2D eigenvalue weighted by Gasteiger charge is -2.37. The number of piperidine rings is 1. The van der Waals surface area contributed by atoms with Crippen LogP contribution in [0.3, 0.4) is 0 Å². The minimum absolute atomic E-state index is 0.233. The van der Waals surface area contributed by atoms with Crippen molar-refractivity contribution in [3.8, 4) is 0 Å². The summed E-state index contributed by atoms with van der Waals surface area (Å²) in [6.07, 6.45) is 2.11. The van der Waals surface area contributed by atoms with Crippen LogP contribution >= 0.6 is 0 Å². The van der Waals surface area contributed by atoms with Gasteiger partial charge in [-0.2, -0.15) is 0 Å². The largest absolute Gasteiger partial charge is 0.480 e. The minimum Gasteiger partial charge on any atom is -0.480 e. The normalized spacial score (nSPS) is 24.0. The van der Waals surface area contributed by atoms with Gasteiger partial charge in [0.05, 0.1) is 0 Å². The Hall–Kier alpha value is -1.35. The molecule has 1 aromatic carbocycles. The smallest absolute Gasteiger partial charge is 0.321 e. The summed E-state index contributed by atoms with van der Waals surface area (Å²) >= 11 is 0. The number of hydrogen-bond donors (Lipinski definition) is 1. The summed E-state index contributed by atoms with van der Waals surface area (Å²) in [5.74, 6) is 0.0815. The number of nitrogens with zero attached hydrogens (tertiary/aromatic N) is 1. The maximum atomic E-state index is 11.5. The van der Waals surface area contributed by atoms with Crippen molar-refractivity contribution in [1.29, 1.82) is 0 Å². The van der Waals surface area contributed by atoms with Gasteiger partial charge in [0.1, 0.15) is 6.04 Å². The van der Waals surface area contributed by atoms with Gasteiger partial charge < -0.3 is 5.11 Å². The molecule has 0 amide bonds. The molecule has 0 aromatic heterocycles. The predicted molar refractivity (Wildman–Crippen MR) is 80.8 cm³/mol. The molecule has 3 heteroatoms. The molecule has 0 saturated carbocycles. The lowest BCUT2D eigenvalue weighted by Crippen LogP contribution is -2.48. The number of likely N-dealkylation sites (tertiary alicyclic amines) is 1. The molecule has 0 bridgehead atoms. The van der Waals surface area contributed by atoms with E-state index in [4.69, 9.17) is 0 Å². The summed E-state index contributed by atoms with van der Waals surface area (Å²) in [6, 6.07) is 8.24. The highest BCUT2D eigenvalue weighted by atomic mass is 16.4. The maximum Gasteiger partial charge on any atom is 0.321 e. The first-order chi connectivity index (χ1) is 9.49. The second-order valence-electron chi connectivity index (χ2n) is 6.27. The molecule has 1 aliphatic heterocycles. The Morgan fingerprint density at radius 2 is 2.00 bits per heavy atom. The van der Waals surface area contributed by atoms with Crippen LogP contribution in [-0.4, -0.2) is 28.6 Å². The van der Waals surface area contributed by atoms with Crippen molar-refractivity contribution in [3.05, 3.63) is 35.4 Å². The minimum atomic E-state index is -0.684. The SMILES string of the molecule is CC(C)c1ccc(CN2CCCC(C)C2C(=O)O)cc1. The number of carboxylic acids is 1. The molecule has 1 aliphatic rings. The summed E-state index contributed by atoms with van der Waals surface area (Å²) in [7, 11) is 0. The summed E-state index contributed by atoms with van der Waals surface area (Å²) in [4.78, 5) is 13.6. The van der Waals surface area contributed by atoms with Gasteiger partial charge in [-0.1, -0.05) is 45.0 Å². The Balaban J connectivity index is 2.09. The van der Waals surface area contributed by atoms with Crippen molar-refractivity contribution in [2.45, 2.75) is 52.1 Å². The van der Waals surface area contributed by atoms with Gasteiger partial charge in [-0.3, -0.25) is 9.69 Å². The average molecular weight is 275 g/mol. The van der Waals surface area contributed by atoms with Crippen molar-refractivity contribution in [1.82, 2.24) is 4.90 Å². The maximum absolute atomic E-state index is 11.5. The van der Waals surface area contributed by atoms with E-state index >= 15 is 0 Å². The molecule has 2 rings (SSSR count). The fraction of sp³-hybridized carbons (Fsp3) is 0.588. The summed E-state index contributed by atoms with van der Waals surface area (Å²) < 4.78 is 0. The average Bonchev–Trinajstić information content (AvgIpc) is 2.39. The van der Waals surface area contributed by atoms with Crippen LogP contribution < -0.4 is 0 Å². The van der Waals surface area contributed by atoms with Gasteiger partial charge >= 0.3 is 5.97 Å². The predicted octanol–water partition coefficient (Wildman–Crippen LogP) is 3.50. The molecule has 1 saturated heterocycles. The molecule has 20 heavy (non-hydrogen) atoms. The molecule has 1 N–H and O–H groups in total. The molecular weight excluding hydrogens is 250 g/mol. The van der Waals surface area contributed by atoms with E-state index in [1.54, 1.807) is 0 Å². The van der Waals surface area contributed by atoms with Gasteiger partial charge in [-0.25, -0.2) is 0 Å². The van der Waals surface area contributed by atoms with Crippen molar-refractivity contribution < 1.29 is 9.90 Å². The van der Waals surface area contributed by atoms with Gasteiger partial charge in [0.15, 0.2) is 0 Å². The van der Waals surface area contributed by atoms with Gasteiger partial charge in [0.25, 0.3) is 0 Å². The Morgan fingerprint density at radius 3 is 2.55 bits per heavy atom. The fourth-order valence-electron chi connectivity index (χ4n) is 3.09. The van der Waals surface area contributed by atoms with Gasteiger partial charge in [-0.15, -0.1) is 0 Å². The standard InChI is InChI=1S/C17H25NO2/c1-12(2)15-8-6-14(7-9-15)11-18-10-4-5-13(3)16(18)17(19)20/h6-9,12-13,16H,4-5,10-11H2,1-3H3,(H,19,20). The van der Waals surface area contributed by atoms with E-state index < -0.39 is 5.97 Å². The van der Waals surface area contributed by atoms with E-state index in [1.807, 2.05) is 6.92 Å². The number of aliphatic carboxylic acids is 1. The number of rotatable bonds is 4. The zero-order valence-corrected chi connectivity index (χ0v) is 12.7. The molecule has 3 nitrogen and oxygen atoms in total. The van der Waals surface area contributed by atoms with Crippen LogP contribution in [-0.2, 0) is 11.3 Å². The molecule has 2 unspecified atom stereocenters. The van der Waals surface area contributed by atoms with Crippen molar-refractivity contribution >= 4 is 5.97 Å². The highest BCUT2D eigenvalue weighted by Gasteiger charge is 2.33. The molecule has 1 heterocycles. The van der Waals surface area contributed by atoms with Crippen LogP contribution in [0.15, 0.2) is 24.3 Å². The quantitative estimate of drug-likeness (QED) is 0.914. The molecule has 1 aromatic rings. The summed E-state index contributed by atoms with van der Waals surface area (Å²) in [5, 5.41) is 9.43. The van der Waals surface area contributed by atoms with Crippen LogP contribution in [0.5, 0.6) is 0 Å². The lowest BCUT2D eigenvalue weighted by molar-refractivity contribution is -0.147. The molecule has 110 valence electrons. The van der Waals surface area contributed by atoms with E-state index in [0.717, 1.165) is 25.9 Å². The number of carbonyl (C=O) groups is 1. The molecule has 0 aliphatic carbocycles. The highest BCUT2D eigenvalue weighted by Crippen LogP contribution is 2.25. The van der Waals surface area contributed by atoms with Crippen LogP contribution in [0.4, 0.5) is 0 Å². The molecule has 0 spiro atoms. The zero-order chi connectivity index (χ0) is 14.7. The van der Waals surface area contributed by atoms with E-state index in [-0.39, 0.29) is 12.0 Å². The topological polar surface area (TPSA) is 40.5 Å². The van der Waals surface area contributed by atoms with Crippen LogP contribution in [0.25, 0.3) is 0 Å². The first-order valence-corrected chi connectivity index (χ1v) is 7.54. The highest BCUT2D eigenvalue weighted by molar-refractivity contribution is 5.74.